The van der Waals surface area contributed by atoms with Crippen LogP contribution in [0.2, 0.25) is 0 Å². The normalized spacial score (nSPS) is 17.0. The van der Waals surface area contributed by atoms with Gasteiger partial charge in [0.1, 0.15) is 0 Å². The maximum absolute atomic E-state index is 5.96. The molecule has 0 spiro atoms. The molecule has 1 aliphatic carbocycles. The first kappa shape index (κ1) is 14.4. The van der Waals surface area contributed by atoms with E-state index < -0.39 is 0 Å². The van der Waals surface area contributed by atoms with E-state index in [1.165, 1.54) is 32.1 Å². The lowest BCUT2D eigenvalue weighted by atomic mass is 9.98. The third-order valence-electron chi connectivity index (χ3n) is 3.62. The van der Waals surface area contributed by atoms with Crippen molar-refractivity contribution in [3.63, 3.8) is 0 Å². The fourth-order valence-corrected chi connectivity index (χ4v) is 2.50. The zero-order valence-corrected chi connectivity index (χ0v) is 12.3. The van der Waals surface area contributed by atoms with Crippen molar-refractivity contribution < 1.29 is 4.74 Å². The third-order valence-corrected chi connectivity index (χ3v) is 3.62. The summed E-state index contributed by atoms with van der Waals surface area (Å²) < 4.78 is 8.10. The minimum Gasteiger partial charge on any atom is -0.376 e. The molecule has 0 unspecified atom stereocenters. The summed E-state index contributed by atoms with van der Waals surface area (Å²) in [4.78, 5) is 4.35. The first-order valence-electron chi connectivity index (χ1n) is 7.62. The largest absolute Gasteiger partial charge is 0.376 e. The van der Waals surface area contributed by atoms with Crippen LogP contribution in [0.5, 0.6) is 0 Å². The van der Waals surface area contributed by atoms with E-state index >= 15 is 0 Å². The average molecular weight is 265 g/mol. The van der Waals surface area contributed by atoms with E-state index in [9.17, 15) is 0 Å². The molecule has 1 aliphatic rings. The van der Waals surface area contributed by atoms with Crippen LogP contribution < -0.4 is 5.32 Å². The summed E-state index contributed by atoms with van der Waals surface area (Å²) in [6.45, 7) is 7.04. The van der Waals surface area contributed by atoms with Crippen molar-refractivity contribution >= 4 is 5.95 Å². The summed E-state index contributed by atoms with van der Waals surface area (Å²) in [6.07, 6.45) is 10.9. The highest BCUT2D eigenvalue weighted by Crippen LogP contribution is 2.20. The molecule has 0 aromatic carbocycles. The van der Waals surface area contributed by atoms with E-state index in [1.54, 1.807) is 0 Å². The molecule has 1 aromatic rings. The Morgan fingerprint density at radius 1 is 1.37 bits per heavy atom. The number of imidazole rings is 1. The van der Waals surface area contributed by atoms with Crippen molar-refractivity contribution in [3.8, 4) is 0 Å². The van der Waals surface area contributed by atoms with Gasteiger partial charge in [0.15, 0.2) is 0 Å². The number of hydrogen-bond acceptors (Lipinski definition) is 3. The standard InChI is InChI=1S/C15H27N3O/c1-13(2)12-17-15-16-8-9-18(15)10-11-19-14-6-4-3-5-7-14/h8-9,13-14H,3-7,10-12H2,1-2H3,(H,16,17). The molecule has 0 radical (unpaired) electrons. The molecule has 0 amide bonds. The van der Waals surface area contributed by atoms with Crippen molar-refractivity contribution in [2.45, 2.75) is 58.6 Å². The van der Waals surface area contributed by atoms with Gasteiger partial charge in [0.05, 0.1) is 12.7 Å². The van der Waals surface area contributed by atoms with E-state index in [4.69, 9.17) is 4.74 Å². The van der Waals surface area contributed by atoms with Crippen molar-refractivity contribution in [1.29, 1.82) is 0 Å². The van der Waals surface area contributed by atoms with Gasteiger partial charge in [-0.25, -0.2) is 4.98 Å². The number of nitrogens with zero attached hydrogens (tertiary/aromatic N) is 2. The summed E-state index contributed by atoms with van der Waals surface area (Å²) in [6, 6.07) is 0. The minimum atomic E-state index is 0.490. The van der Waals surface area contributed by atoms with Crippen molar-refractivity contribution in [2.24, 2.45) is 5.92 Å². The van der Waals surface area contributed by atoms with Gasteiger partial charge < -0.3 is 14.6 Å². The van der Waals surface area contributed by atoms with Gasteiger partial charge in [-0.05, 0) is 18.8 Å². The lowest BCUT2D eigenvalue weighted by Crippen LogP contribution is -2.20. The van der Waals surface area contributed by atoms with Crippen LogP contribution in [0.25, 0.3) is 0 Å². The predicted molar refractivity (Wildman–Crippen MR) is 78.4 cm³/mol. The SMILES string of the molecule is CC(C)CNc1nccn1CCOC1CCCCC1. The first-order valence-corrected chi connectivity index (χ1v) is 7.62. The molecular weight excluding hydrogens is 238 g/mol. The minimum absolute atomic E-state index is 0.490. The molecule has 108 valence electrons. The van der Waals surface area contributed by atoms with Gasteiger partial charge in [-0.15, -0.1) is 0 Å². The highest BCUT2D eigenvalue weighted by Gasteiger charge is 2.13. The van der Waals surface area contributed by atoms with Crippen LogP contribution in [0.15, 0.2) is 12.4 Å². The molecule has 0 bridgehead atoms. The molecule has 1 aromatic heterocycles. The number of rotatable bonds is 7. The van der Waals surface area contributed by atoms with Crippen LogP contribution in [0.4, 0.5) is 5.95 Å². The predicted octanol–water partition coefficient (Wildman–Crippen LogP) is 3.30. The average Bonchev–Trinajstić information content (AvgIpc) is 2.85. The highest BCUT2D eigenvalue weighted by atomic mass is 16.5. The van der Waals surface area contributed by atoms with Gasteiger partial charge >= 0.3 is 0 Å². The molecule has 0 aliphatic heterocycles. The van der Waals surface area contributed by atoms with E-state index in [0.29, 0.717) is 12.0 Å². The van der Waals surface area contributed by atoms with Gasteiger partial charge in [0.2, 0.25) is 5.95 Å². The Kier molecular flexibility index (Phi) is 5.70. The highest BCUT2D eigenvalue weighted by molar-refractivity contribution is 5.25. The number of hydrogen-bond donors (Lipinski definition) is 1. The van der Waals surface area contributed by atoms with Crippen LogP contribution in [-0.2, 0) is 11.3 Å². The van der Waals surface area contributed by atoms with Crippen molar-refractivity contribution in [1.82, 2.24) is 9.55 Å². The molecule has 2 rings (SSSR count). The monoisotopic (exact) mass is 265 g/mol. The summed E-state index contributed by atoms with van der Waals surface area (Å²) in [5.41, 5.74) is 0. The molecule has 19 heavy (non-hydrogen) atoms. The van der Waals surface area contributed by atoms with Gasteiger partial charge in [-0.2, -0.15) is 0 Å². The van der Waals surface area contributed by atoms with Crippen LogP contribution in [-0.4, -0.2) is 28.8 Å². The Labute approximate surface area is 116 Å². The van der Waals surface area contributed by atoms with Crippen LogP contribution in [0.3, 0.4) is 0 Å². The Morgan fingerprint density at radius 3 is 2.89 bits per heavy atom. The van der Waals surface area contributed by atoms with Gasteiger partial charge in [0, 0.05) is 25.5 Å². The number of aromatic nitrogens is 2. The molecule has 1 N–H and O–H groups in total. The molecule has 1 heterocycles. The quantitative estimate of drug-likeness (QED) is 0.822. The molecular formula is C15H27N3O. The molecule has 0 saturated heterocycles. The fraction of sp³-hybridized carbons (Fsp3) is 0.800. The van der Waals surface area contributed by atoms with E-state index in [-0.39, 0.29) is 0 Å². The molecule has 0 atom stereocenters. The summed E-state index contributed by atoms with van der Waals surface area (Å²) in [7, 11) is 0. The van der Waals surface area contributed by atoms with Crippen LogP contribution in [0, 0.1) is 5.92 Å². The third kappa shape index (κ3) is 4.86. The Bertz CT molecular complexity index is 356. The maximum Gasteiger partial charge on any atom is 0.202 e. The molecule has 1 saturated carbocycles. The summed E-state index contributed by atoms with van der Waals surface area (Å²) in [5, 5.41) is 3.38. The van der Waals surface area contributed by atoms with Gasteiger partial charge in [-0.1, -0.05) is 33.1 Å². The Balaban J connectivity index is 1.71. The second kappa shape index (κ2) is 7.53. The summed E-state index contributed by atoms with van der Waals surface area (Å²) >= 11 is 0. The first-order chi connectivity index (χ1) is 9.25. The zero-order chi connectivity index (χ0) is 13.5. The molecule has 4 nitrogen and oxygen atoms in total. The smallest absolute Gasteiger partial charge is 0.202 e. The second-order valence-electron chi connectivity index (χ2n) is 5.85. The summed E-state index contributed by atoms with van der Waals surface area (Å²) in [5.74, 6) is 1.59. The van der Waals surface area contributed by atoms with Crippen LogP contribution >= 0.6 is 0 Å². The van der Waals surface area contributed by atoms with Crippen LogP contribution in [0.1, 0.15) is 46.0 Å². The van der Waals surface area contributed by atoms with E-state index in [1.807, 2.05) is 12.4 Å². The maximum atomic E-state index is 5.96. The van der Waals surface area contributed by atoms with E-state index in [0.717, 1.165) is 25.6 Å². The van der Waals surface area contributed by atoms with Crippen molar-refractivity contribution in [3.05, 3.63) is 12.4 Å². The lowest BCUT2D eigenvalue weighted by molar-refractivity contribution is 0.0242. The van der Waals surface area contributed by atoms with Gasteiger partial charge in [0.25, 0.3) is 0 Å². The molecule has 4 heteroatoms. The Morgan fingerprint density at radius 2 is 2.16 bits per heavy atom. The molecule has 1 fully saturated rings. The number of ether oxygens (including phenoxy) is 1. The van der Waals surface area contributed by atoms with Gasteiger partial charge in [-0.3, -0.25) is 0 Å². The number of anilines is 1. The topological polar surface area (TPSA) is 39.1 Å². The fourth-order valence-electron chi connectivity index (χ4n) is 2.50. The van der Waals surface area contributed by atoms with E-state index in [2.05, 4.69) is 28.7 Å². The lowest BCUT2D eigenvalue weighted by Gasteiger charge is -2.22. The second-order valence-corrected chi connectivity index (χ2v) is 5.85. The Hall–Kier alpha value is -1.03. The number of nitrogens with one attached hydrogen (secondary N) is 1. The van der Waals surface area contributed by atoms with Crippen molar-refractivity contribution in [2.75, 3.05) is 18.5 Å². The zero-order valence-electron chi connectivity index (χ0n) is 12.3.